The Morgan fingerprint density at radius 2 is 1.88 bits per heavy atom. The van der Waals surface area contributed by atoms with Crippen LogP contribution in [0, 0.1) is 6.92 Å². The lowest BCUT2D eigenvalue weighted by Gasteiger charge is -2.12. The molecule has 2 aromatic rings. The third-order valence-electron chi connectivity index (χ3n) is 3.42. The van der Waals surface area contributed by atoms with Crippen LogP contribution in [0.2, 0.25) is 0 Å². The second-order valence-corrected chi connectivity index (χ2v) is 7.99. The van der Waals surface area contributed by atoms with Crippen LogP contribution >= 0.6 is 11.3 Å². The molecular formula is C15H17NO7S2. The van der Waals surface area contributed by atoms with Crippen LogP contribution in [0.1, 0.15) is 44.3 Å². The van der Waals surface area contributed by atoms with E-state index in [0.29, 0.717) is 17.1 Å². The molecule has 2 heterocycles. The quantitative estimate of drug-likeness (QED) is 0.757. The zero-order chi connectivity index (χ0) is 18.8. The van der Waals surface area contributed by atoms with Crippen LogP contribution in [0.3, 0.4) is 0 Å². The highest BCUT2D eigenvalue weighted by Crippen LogP contribution is 2.34. The maximum Gasteiger partial charge on any atom is 0.348 e. The van der Waals surface area contributed by atoms with Crippen molar-refractivity contribution in [2.45, 2.75) is 24.1 Å². The lowest BCUT2D eigenvalue weighted by Crippen LogP contribution is -2.27. The van der Waals surface area contributed by atoms with Crippen molar-refractivity contribution in [1.82, 2.24) is 4.72 Å². The van der Waals surface area contributed by atoms with Crippen molar-refractivity contribution in [2.24, 2.45) is 0 Å². The Labute approximate surface area is 148 Å². The van der Waals surface area contributed by atoms with Gasteiger partial charge in [-0.05, 0) is 31.5 Å². The first-order valence-corrected chi connectivity index (χ1v) is 9.38. The zero-order valence-electron chi connectivity index (χ0n) is 14.0. The van der Waals surface area contributed by atoms with E-state index in [-0.39, 0.29) is 20.2 Å². The van der Waals surface area contributed by atoms with E-state index in [2.05, 4.69) is 14.2 Å². The van der Waals surface area contributed by atoms with E-state index in [1.165, 1.54) is 20.3 Å². The van der Waals surface area contributed by atoms with Gasteiger partial charge in [0.2, 0.25) is 0 Å². The van der Waals surface area contributed by atoms with Gasteiger partial charge >= 0.3 is 11.9 Å². The van der Waals surface area contributed by atoms with Gasteiger partial charge in [-0.25, -0.2) is 22.7 Å². The normalized spacial score (nSPS) is 12.6. The average Bonchev–Trinajstić information content (AvgIpc) is 3.21. The molecule has 0 amide bonds. The van der Waals surface area contributed by atoms with Gasteiger partial charge in [-0.2, -0.15) is 0 Å². The van der Waals surface area contributed by atoms with E-state index < -0.39 is 28.0 Å². The molecule has 0 aromatic carbocycles. The first-order chi connectivity index (χ1) is 11.7. The van der Waals surface area contributed by atoms with Gasteiger partial charge in [-0.1, -0.05) is 0 Å². The second kappa shape index (κ2) is 7.38. The van der Waals surface area contributed by atoms with Crippen LogP contribution in [0.15, 0.2) is 27.0 Å². The molecule has 0 unspecified atom stereocenters. The van der Waals surface area contributed by atoms with Crippen molar-refractivity contribution in [3.05, 3.63) is 40.2 Å². The van der Waals surface area contributed by atoms with Gasteiger partial charge in [0, 0.05) is 0 Å². The van der Waals surface area contributed by atoms with Crippen molar-refractivity contribution in [2.75, 3.05) is 14.2 Å². The minimum Gasteiger partial charge on any atom is -0.468 e. The number of methoxy groups -OCH3 is 2. The van der Waals surface area contributed by atoms with Gasteiger partial charge in [0.1, 0.15) is 10.6 Å². The molecule has 0 radical (unpaired) electrons. The summed E-state index contributed by atoms with van der Waals surface area (Å²) in [6.07, 6.45) is 1.42. The Bertz CT molecular complexity index is 881. The van der Waals surface area contributed by atoms with Gasteiger partial charge in [0.05, 0.1) is 32.1 Å². The van der Waals surface area contributed by atoms with Gasteiger partial charge in [0.25, 0.3) is 10.0 Å². The molecule has 0 fully saturated rings. The van der Waals surface area contributed by atoms with Crippen LogP contribution in [-0.2, 0) is 19.5 Å². The number of hydrogen-bond donors (Lipinski definition) is 1. The van der Waals surface area contributed by atoms with Crippen molar-refractivity contribution in [3.8, 4) is 0 Å². The smallest absolute Gasteiger partial charge is 0.348 e. The van der Waals surface area contributed by atoms with E-state index in [9.17, 15) is 18.0 Å². The summed E-state index contributed by atoms with van der Waals surface area (Å²) in [6, 6.07) is 2.58. The zero-order valence-corrected chi connectivity index (χ0v) is 15.6. The fourth-order valence-electron chi connectivity index (χ4n) is 2.18. The largest absolute Gasteiger partial charge is 0.468 e. The van der Waals surface area contributed by atoms with Gasteiger partial charge in [0.15, 0.2) is 4.21 Å². The molecule has 0 bridgehead atoms. The Hall–Kier alpha value is -2.17. The fraction of sp³-hybridized carbons (Fsp3) is 0.333. The van der Waals surface area contributed by atoms with Gasteiger partial charge in [-0.3, -0.25) is 0 Å². The highest BCUT2D eigenvalue weighted by atomic mass is 32.2. The SMILES string of the molecule is COC(=O)c1sc(S(=O)(=O)N[C@@H](C)c2ccco2)c(C(=O)OC)c1C. The molecule has 0 saturated heterocycles. The van der Waals surface area contributed by atoms with Crippen molar-refractivity contribution in [1.29, 1.82) is 0 Å². The molecule has 0 aliphatic rings. The molecule has 1 atom stereocenters. The summed E-state index contributed by atoms with van der Waals surface area (Å²) in [5.74, 6) is -1.17. The number of sulfonamides is 1. The summed E-state index contributed by atoms with van der Waals surface area (Å²) >= 11 is 0.652. The first kappa shape index (κ1) is 19.2. The number of carbonyl (C=O) groups excluding carboxylic acids is 2. The molecule has 0 saturated carbocycles. The third-order valence-corrected chi connectivity index (χ3v) is 6.75. The molecule has 0 aliphatic carbocycles. The maximum atomic E-state index is 12.8. The Morgan fingerprint density at radius 1 is 1.24 bits per heavy atom. The topological polar surface area (TPSA) is 112 Å². The molecule has 2 aromatic heterocycles. The monoisotopic (exact) mass is 387 g/mol. The standard InChI is InChI=1S/C15H17NO7S2/c1-8-11(13(17)21-3)15(24-12(8)14(18)22-4)25(19,20)16-9(2)10-6-5-7-23-10/h5-7,9,16H,1-4H3/t9-/m0/s1. The summed E-state index contributed by atoms with van der Waals surface area (Å²) < 4.78 is 42.1. The second-order valence-electron chi connectivity index (χ2n) is 5.06. The number of hydrogen-bond acceptors (Lipinski definition) is 8. The lowest BCUT2D eigenvalue weighted by molar-refractivity contribution is 0.0596. The van der Waals surface area contributed by atoms with Crippen LogP contribution in [-0.4, -0.2) is 34.6 Å². The summed E-state index contributed by atoms with van der Waals surface area (Å²) in [7, 11) is -1.81. The summed E-state index contributed by atoms with van der Waals surface area (Å²) in [4.78, 5) is 23.9. The molecule has 0 spiro atoms. The Kier molecular flexibility index (Phi) is 5.65. The van der Waals surface area contributed by atoms with Gasteiger partial charge in [-0.15, -0.1) is 11.3 Å². The van der Waals surface area contributed by atoms with E-state index in [0.717, 1.165) is 7.11 Å². The minimum absolute atomic E-state index is 0.0222. The highest BCUT2D eigenvalue weighted by molar-refractivity contribution is 7.91. The Morgan fingerprint density at radius 3 is 2.40 bits per heavy atom. The van der Waals surface area contributed by atoms with Crippen LogP contribution in [0.5, 0.6) is 0 Å². The van der Waals surface area contributed by atoms with E-state index >= 15 is 0 Å². The molecule has 136 valence electrons. The number of carbonyl (C=O) groups is 2. The molecule has 0 aliphatic heterocycles. The molecule has 1 N–H and O–H groups in total. The molecule has 8 nitrogen and oxygen atoms in total. The summed E-state index contributed by atoms with van der Waals surface area (Å²) in [5.41, 5.74) is 0.00164. The summed E-state index contributed by atoms with van der Waals surface area (Å²) in [6.45, 7) is 3.06. The molecule has 10 heteroatoms. The van der Waals surface area contributed by atoms with E-state index in [1.54, 1.807) is 19.1 Å². The number of thiophene rings is 1. The van der Waals surface area contributed by atoms with E-state index in [1.807, 2.05) is 0 Å². The average molecular weight is 387 g/mol. The maximum absolute atomic E-state index is 12.8. The lowest BCUT2D eigenvalue weighted by atomic mass is 10.2. The van der Waals surface area contributed by atoms with Crippen molar-refractivity contribution < 1.29 is 31.9 Å². The number of rotatable bonds is 6. The molecule has 2 rings (SSSR count). The van der Waals surface area contributed by atoms with Crippen molar-refractivity contribution >= 4 is 33.3 Å². The number of esters is 2. The predicted molar refractivity (Wildman–Crippen MR) is 89.2 cm³/mol. The highest BCUT2D eigenvalue weighted by Gasteiger charge is 2.33. The van der Waals surface area contributed by atoms with Gasteiger partial charge < -0.3 is 13.9 Å². The molecular weight excluding hydrogens is 370 g/mol. The number of nitrogens with one attached hydrogen (secondary N) is 1. The summed E-state index contributed by atoms with van der Waals surface area (Å²) in [5, 5.41) is 0. The number of furan rings is 1. The van der Waals surface area contributed by atoms with Crippen molar-refractivity contribution in [3.63, 3.8) is 0 Å². The predicted octanol–water partition coefficient (Wildman–Crippen LogP) is 2.26. The minimum atomic E-state index is -4.11. The fourth-order valence-corrected chi connectivity index (χ4v) is 5.16. The Balaban J connectivity index is 2.52. The number of ether oxygens (including phenoxy) is 2. The first-order valence-electron chi connectivity index (χ1n) is 7.08. The van der Waals surface area contributed by atoms with Crippen LogP contribution in [0.4, 0.5) is 0 Å². The third kappa shape index (κ3) is 3.75. The van der Waals surface area contributed by atoms with Crippen LogP contribution in [0.25, 0.3) is 0 Å². The molecule has 25 heavy (non-hydrogen) atoms. The van der Waals surface area contributed by atoms with Crippen LogP contribution < -0.4 is 4.72 Å². The van der Waals surface area contributed by atoms with E-state index in [4.69, 9.17) is 4.42 Å².